The molecule has 1 saturated heterocycles. The molecular weight excluding hydrogens is 140 g/mol. The number of fused-ring (bicyclic) bond motifs is 2. The summed E-state index contributed by atoms with van der Waals surface area (Å²) in [6, 6.07) is 0. The second-order valence-corrected chi connectivity index (χ2v) is 4.39. The van der Waals surface area contributed by atoms with E-state index in [1.54, 1.807) is 0 Å². The minimum Gasteiger partial charge on any atom is -0.462 e. The van der Waals surface area contributed by atoms with Crippen molar-refractivity contribution in [3.05, 3.63) is 0 Å². The molecule has 0 aromatic carbocycles. The van der Waals surface area contributed by atoms with E-state index in [0.717, 1.165) is 19.3 Å². The highest BCUT2D eigenvalue weighted by atomic mass is 16.6. The molecule has 0 radical (unpaired) electrons. The van der Waals surface area contributed by atoms with Crippen molar-refractivity contribution in [3.63, 3.8) is 0 Å². The molecule has 2 bridgehead atoms. The van der Waals surface area contributed by atoms with Crippen LogP contribution < -0.4 is 0 Å². The Morgan fingerprint density at radius 3 is 2.91 bits per heavy atom. The van der Waals surface area contributed by atoms with E-state index in [2.05, 4.69) is 13.8 Å². The molecule has 0 spiro atoms. The highest BCUT2D eigenvalue weighted by Crippen LogP contribution is 2.45. The van der Waals surface area contributed by atoms with Gasteiger partial charge in [-0.1, -0.05) is 13.8 Å². The van der Waals surface area contributed by atoms with Gasteiger partial charge in [-0.3, -0.25) is 4.79 Å². The molecule has 2 fully saturated rings. The fourth-order valence-electron chi connectivity index (χ4n) is 2.06. The van der Waals surface area contributed by atoms with Gasteiger partial charge in [-0.25, -0.2) is 0 Å². The lowest BCUT2D eigenvalue weighted by Gasteiger charge is -2.32. The summed E-state index contributed by atoms with van der Waals surface area (Å²) in [4.78, 5) is 11.1. The van der Waals surface area contributed by atoms with Crippen LogP contribution in [-0.2, 0) is 9.53 Å². The molecule has 2 unspecified atom stereocenters. The van der Waals surface area contributed by atoms with E-state index in [1.165, 1.54) is 0 Å². The Morgan fingerprint density at radius 1 is 1.55 bits per heavy atom. The zero-order valence-corrected chi connectivity index (χ0v) is 7.09. The van der Waals surface area contributed by atoms with Gasteiger partial charge < -0.3 is 4.74 Å². The molecule has 0 amide bonds. The maximum atomic E-state index is 11.1. The topological polar surface area (TPSA) is 26.3 Å². The Labute approximate surface area is 66.9 Å². The summed E-state index contributed by atoms with van der Waals surface area (Å²) in [5.41, 5.74) is 0.225. The van der Waals surface area contributed by atoms with E-state index in [0.29, 0.717) is 0 Å². The van der Waals surface area contributed by atoms with Crippen molar-refractivity contribution in [1.29, 1.82) is 0 Å². The molecule has 11 heavy (non-hydrogen) atoms. The van der Waals surface area contributed by atoms with Gasteiger partial charge >= 0.3 is 5.97 Å². The molecule has 2 nitrogen and oxygen atoms in total. The highest BCUT2D eigenvalue weighted by molar-refractivity contribution is 5.75. The molecular formula is C9H14O2. The van der Waals surface area contributed by atoms with Gasteiger partial charge in [-0.15, -0.1) is 0 Å². The third kappa shape index (κ3) is 0.959. The number of esters is 1. The van der Waals surface area contributed by atoms with Gasteiger partial charge in [0.15, 0.2) is 0 Å². The molecule has 62 valence electrons. The molecule has 2 aliphatic rings. The van der Waals surface area contributed by atoms with Gasteiger partial charge in [0.25, 0.3) is 0 Å². The van der Waals surface area contributed by atoms with Gasteiger partial charge in [-0.2, -0.15) is 0 Å². The van der Waals surface area contributed by atoms with E-state index in [9.17, 15) is 4.79 Å². The Balaban J connectivity index is 2.21. The lowest BCUT2D eigenvalue weighted by Crippen LogP contribution is -2.31. The quantitative estimate of drug-likeness (QED) is 0.497. The molecule has 2 atom stereocenters. The molecule has 1 aliphatic heterocycles. The van der Waals surface area contributed by atoms with Gasteiger partial charge in [0.1, 0.15) is 6.10 Å². The van der Waals surface area contributed by atoms with Crippen LogP contribution in [-0.4, -0.2) is 12.1 Å². The van der Waals surface area contributed by atoms with Gasteiger partial charge in [0.2, 0.25) is 0 Å². The van der Waals surface area contributed by atoms with Crippen molar-refractivity contribution < 1.29 is 9.53 Å². The molecule has 0 aromatic rings. The van der Waals surface area contributed by atoms with Crippen LogP contribution in [0.2, 0.25) is 0 Å². The number of hydrogen-bond acceptors (Lipinski definition) is 2. The SMILES string of the molecule is CC1(C)CCC2CC1OC2=O. The number of carbonyl (C=O) groups excluding carboxylic acids is 1. The lowest BCUT2D eigenvalue weighted by molar-refractivity contribution is -0.145. The number of carbonyl (C=O) groups is 1. The standard InChI is InChI=1S/C9H14O2/c1-9(2)4-3-6-5-7(9)11-8(6)10/h6-7H,3-5H2,1-2H3. The van der Waals surface area contributed by atoms with Gasteiger partial charge in [0.05, 0.1) is 5.92 Å². The lowest BCUT2D eigenvalue weighted by atomic mass is 9.73. The average Bonchev–Trinajstić information content (AvgIpc) is 2.23. The fraction of sp³-hybridized carbons (Fsp3) is 0.889. The predicted octanol–water partition coefficient (Wildman–Crippen LogP) is 1.74. The third-order valence-corrected chi connectivity index (χ3v) is 3.10. The van der Waals surface area contributed by atoms with Crippen LogP contribution in [0.15, 0.2) is 0 Å². The second kappa shape index (κ2) is 1.99. The van der Waals surface area contributed by atoms with Crippen molar-refractivity contribution in [2.75, 3.05) is 0 Å². The maximum Gasteiger partial charge on any atom is 0.309 e. The molecule has 0 aromatic heterocycles. The summed E-state index contributed by atoms with van der Waals surface area (Å²) < 4.78 is 5.26. The van der Waals surface area contributed by atoms with Gasteiger partial charge in [0, 0.05) is 5.41 Å². The summed E-state index contributed by atoms with van der Waals surface area (Å²) in [5, 5.41) is 0. The smallest absolute Gasteiger partial charge is 0.309 e. The monoisotopic (exact) mass is 154 g/mol. The summed E-state index contributed by atoms with van der Waals surface area (Å²) in [5.74, 6) is 0.272. The molecule has 2 heteroatoms. The predicted molar refractivity (Wildman–Crippen MR) is 41.0 cm³/mol. The van der Waals surface area contributed by atoms with Crippen LogP contribution in [0.1, 0.15) is 33.1 Å². The van der Waals surface area contributed by atoms with Crippen LogP contribution in [0.4, 0.5) is 0 Å². The first-order chi connectivity index (χ1) is 5.09. The van der Waals surface area contributed by atoms with Crippen LogP contribution >= 0.6 is 0 Å². The zero-order chi connectivity index (χ0) is 8.06. The molecule has 1 aliphatic carbocycles. The Kier molecular flexibility index (Phi) is 1.29. The Morgan fingerprint density at radius 2 is 2.27 bits per heavy atom. The minimum atomic E-state index is 0.0422. The van der Waals surface area contributed by atoms with Crippen molar-refractivity contribution in [2.24, 2.45) is 11.3 Å². The largest absolute Gasteiger partial charge is 0.462 e. The number of hydrogen-bond donors (Lipinski definition) is 0. The van der Waals surface area contributed by atoms with Crippen molar-refractivity contribution in [3.8, 4) is 0 Å². The van der Waals surface area contributed by atoms with E-state index in [4.69, 9.17) is 4.74 Å². The van der Waals surface area contributed by atoms with Crippen LogP contribution in [0, 0.1) is 11.3 Å². The van der Waals surface area contributed by atoms with Crippen LogP contribution in [0.3, 0.4) is 0 Å². The van der Waals surface area contributed by atoms with Crippen LogP contribution in [0.5, 0.6) is 0 Å². The van der Waals surface area contributed by atoms with E-state index >= 15 is 0 Å². The second-order valence-electron chi connectivity index (χ2n) is 4.39. The minimum absolute atomic E-state index is 0.0422. The Hall–Kier alpha value is -0.530. The van der Waals surface area contributed by atoms with E-state index < -0.39 is 0 Å². The normalized spacial score (nSPS) is 40.4. The first-order valence-electron chi connectivity index (χ1n) is 4.30. The maximum absolute atomic E-state index is 11.1. The summed E-state index contributed by atoms with van der Waals surface area (Å²) in [6.45, 7) is 4.37. The first-order valence-corrected chi connectivity index (χ1v) is 4.30. The van der Waals surface area contributed by atoms with E-state index in [-0.39, 0.29) is 23.4 Å². The molecule has 2 rings (SSSR count). The summed E-state index contributed by atoms with van der Waals surface area (Å²) >= 11 is 0. The van der Waals surface area contributed by atoms with Crippen molar-refractivity contribution >= 4 is 5.97 Å². The van der Waals surface area contributed by atoms with Crippen LogP contribution in [0.25, 0.3) is 0 Å². The number of rotatable bonds is 0. The van der Waals surface area contributed by atoms with E-state index in [1.807, 2.05) is 0 Å². The molecule has 1 saturated carbocycles. The van der Waals surface area contributed by atoms with Gasteiger partial charge in [-0.05, 0) is 19.3 Å². The molecule has 1 heterocycles. The molecule has 0 N–H and O–H groups in total. The zero-order valence-electron chi connectivity index (χ0n) is 7.09. The summed E-state index contributed by atoms with van der Waals surface area (Å²) in [7, 11) is 0. The van der Waals surface area contributed by atoms with Crippen molar-refractivity contribution in [1.82, 2.24) is 0 Å². The summed E-state index contributed by atoms with van der Waals surface area (Å²) in [6.07, 6.45) is 3.33. The third-order valence-electron chi connectivity index (χ3n) is 3.10. The highest BCUT2D eigenvalue weighted by Gasteiger charge is 2.47. The van der Waals surface area contributed by atoms with Crippen molar-refractivity contribution in [2.45, 2.75) is 39.2 Å². The fourth-order valence-corrected chi connectivity index (χ4v) is 2.06. The first kappa shape index (κ1) is 7.14. The Bertz CT molecular complexity index is 196. The number of ether oxygens (including phenoxy) is 1. The average molecular weight is 154 g/mol.